The molecule has 1 aromatic heterocycles. The van der Waals surface area contributed by atoms with E-state index in [4.69, 9.17) is 5.73 Å². The summed E-state index contributed by atoms with van der Waals surface area (Å²) in [5, 5.41) is 2.92. The zero-order valence-electron chi connectivity index (χ0n) is 9.90. The summed E-state index contributed by atoms with van der Waals surface area (Å²) >= 11 is 1.92. The fraction of sp³-hybridized carbons (Fsp3) is 0.500. The number of nitrogens with zero attached hydrogens (tertiary/aromatic N) is 1. The van der Waals surface area contributed by atoms with E-state index in [0.29, 0.717) is 17.9 Å². The van der Waals surface area contributed by atoms with E-state index < -0.39 is 0 Å². The van der Waals surface area contributed by atoms with E-state index in [0.717, 1.165) is 6.42 Å². The third kappa shape index (κ3) is 2.91. The van der Waals surface area contributed by atoms with Crippen molar-refractivity contribution in [3.63, 3.8) is 0 Å². The lowest BCUT2D eigenvalue weighted by atomic mass is 10.1. The largest absolute Gasteiger partial charge is 0.397 e. The first-order chi connectivity index (χ1) is 8.11. The van der Waals surface area contributed by atoms with Crippen molar-refractivity contribution in [2.45, 2.75) is 24.5 Å². The number of nitrogens with one attached hydrogen (secondary N) is 1. The molecule has 1 aliphatic heterocycles. The second kappa shape index (κ2) is 4.96. The lowest BCUT2D eigenvalue weighted by Gasteiger charge is -2.22. The number of amides is 1. The molecule has 1 unspecified atom stereocenters. The average Bonchev–Trinajstić information content (AvgIpc) is 2.74. The summed E-state index contributed by atoms with van der Waals surface area (Å²) in [7, 11) is 0. The maximum atomic E-state index is 11.9. The van der Waals surface area contributed by atoms with Gasteiger partial charge in [0, 0.05) is 17.5 Å². The van der Waals surface area contributed by atoms with E-state index in [1.54, 1.807) is 18.3 Å². The Kier molecular flexibility index (Phi) is 3.57. The Hall–Kier alpha value is -1.23. The third-order valence-electron chi connectivity index (χ3n) is 2.98. The minimum atomic E-state index is -0.183. The summed E-state index contributed by atoms with van der Waals surface area (Å²) in [6, 6.07) is 3.41. The summed E-state index contributed by atoms with van der Waals surface area (Å²) in [4.78, 5) is 15.9. The summed E-state index contributed by atoms with van der Waals surface area (Å²) in [5.41, 5.74) is 6.45. The molecule has 0 aliphatic carbocycles. The van der Waals surface area contributed by atoms with Crippen LogP contribution in [0.15, 0.2) is 18.3 Å². The smallest absolute Gasteiger partial charge is 0.272 e. The summed E-state index contributed by atoms with van der Waals surface area (Å²) < 4.78 is 0.166. The van der Waals surface area contributed by atoms with Gasteiger partial charge in [-0.05, 0) is 37.7 Å². The Morgan fingerprint density at radius 3 is 3.18 bits per heavy atom. The van der Waals surface area contributed by atoms with Crippen molar-refractivity contribution >= 4 is 23.4 Å². The molecule has 0 saturated carbocycles. The average molecular weight is 251 g/mol. The van der Waals surface area contributed by atoms with Crippen LogP contribution in [0.2, 0.25) is 0 Å². The molecule has 0 spiro atoms. The molecule has 2 rings (SSSR count). The van der Waals surface area contributed by atoms with Gasteiger partial charge in [0.25, 0.3) is 5.91 Å². The predicted molar refractivity (Wildman–Crippen MR) is 71.1 cm³/mol. The maximum Gasteiger partial charge on any atom is 0.272 e. The highest BCUT2D eigenvalue weighted by atomic mass is 32.2. The van der Waals surface area contributed by atoms with Gasteiger partial charge in [0.1, 0.15) is 0 Å². The summed E-state index contributed by atoms with van der Waals surface area (Å²) in [6.07, 6.45) is 3.95. The molecule has 2 heterocycles. The van der Waals surface area contributed by atoms with E-state index in [1.165, 1.54) is 12.2 Å². The molecule has 1 amide bonds. The second-order valence-corrected chi connectivity index (χ2v) is 6.21. The molecule has 1 aromatic rings. The monoisotopic (exact) mass is 251 g/mol. The van der Waals surface area contributed by atoms with Crippen molar-refractivity contribution in [2.24, 2.45) is 0 Å². The molecular weight excluding hydrogens is 234 g/mol. The Balaban J connectivity index is 1.96. The Morgan fingerprint density at radius 2 is 2.53 bits per heavy atom. The van der Waals surface area contributed by atoms with Crippen LogP contribution in [-0.2, 0) is 0 Å². The fourth-order valence-electron chi connectivity index (χ4n) is 1.93. The molecule has 0 aromatic carbocycles. The molecule has 92 valence electrons. The van der Waals surface area contributed by atoms with Crippen LogP contribution in [0, 0.1) is 0 Å². The number of carbonyl (C=O) groups is 1. The van der Waals surface area contributed by atoms with Gasteiger partial charge >= 0.3 is 0 Å². The van der Waals surface area contributed by atoms with Crippen molar-refractivity contribution < 1.29 is 4.79 Å². The van der Waals surface area contributed by atoms with Gasteiger partial charge in [-0.25, -0.2) is 4.98 Å². The first kappa shape index (κ1) is 12.2. The number of hydrogen-bond donors (Lipinski definition) is 2. The number of nitrogen functional groups attached to an aromatic ring is 1. The van der Waals surface area contributed by atoms with E-state index in [-0.39, 0.29) is 10.7 Å². The molecule has 1 fully saturated rings. The molecule has 0 radical (unpaired) electrons. The number of carbonyl (C=O) groups excluding carboxylic acids is 1. The Morgan fingerprint density at radius 1 is 1.71 bits per heavy atom. The molecule has 1 aliphatic rings. The van der Waals surface area contributed by atoms with Gasteiger partial charge in [0.2, 0.25) is 0 Å². The van der Waals surface area contributed by atoms with Crippen LogP contribution in [0.3, 0.4) is 0 Å². The molecule has 3 N–H and O–H groups in total. The number of nitrogens with two attached hydrogens (primary N) is 1. The Bertz CT molecular complexity index is 416. The van der Waals surface area contributed by atoms with Gasteiger partial charge in [0.05, 0.1) is 5.69 Å². The maximum absolute atomic E-state index is 11.9. The molecule has 1 atom stereocenters. The topological polar surface area (TPSA) is 68.0 Å². The van der Waals surface area contributed by atoms with Crippen LogP contribution in [-0.4, -0.2) is 27.9 Å². The van der Waals surface area contributed by atoms with E-state index >= 15 is 0 Å². The van der Waals surface area contributed by atoms with E-state index in [1.807, 2.05) is 11.8 Å². The SMILES string of the molecule is CC1(CNC(=O)c2ncccc2N)CCCS1. The van der Waals surface area contributed by atoms with Gasteiger partial charge in [-0.3, -0.25) is 4.79 Å². The quantitative estimate of drug-likeness (QED) is 0.857. The highest BCUT2D eigenvalue weighted by Gasteiger charge is 2.30. The van der Waals surface area contributed by atoms with Crippen LogP contribution < -0.4 is 11.1 Å². The van der Waals surface area contributed by atoms with E-state index in [9.17, 15) is 4.79 Å². The van der Waals surface area contributed by atoms with Gasteiger partial charge < -0.3 is 11.1 Å². The van der Waals surface area contributed by atoms with E-state index in [2.05, 4.69) is 17.2 Å². The second-order valence-electron chi connectivity index (χ2n) is 4.53. The molecule has 0 bridgehead atoms. The van der Waals surface area contributed by atoms with Crippen molar-refractivity contribution in [1.29, 1.82) is 0 Å². The predicted octanol–water partition coefficient (Wildman–Crippen LogP) is 1.68. The van der Waals surface area contributed by atoms with Gasteiger partial charge in [-0.2, -0.15) is 11.8 Å². The van der Waals surface area contributed by atoms with Gasteiger partial charge in [-0.15, -0.1) is 0 Å². The normalized spacial score (nSPS) is 23.6. The van der Waals surface area contributed by atoms with Gasteiger partial charge in [0.15, 0.2) is 5.69 Å². The first-order valence-electron chi connectivity index (χ1n) is 5.73. The first-order valence-corrected chi connectivity index (χ1v) is 6.72. The standard InChI is InChI=1S/C12H17N3OS/c1-12(5-3-7-17-12)8-15-11(16)10-9(13)4-2-6-14-10/h2,4,6H,3,5,7-8,13H2,1H3,(H,15,16). The number of hydrogen-bond acceptors (Lipinski definition) is 4. The number of thioether (sulfide) groups is 1. The molecule has 17 heavy (non-hydrogen) atoms. The number of pyridine rings is 1. The minimum Gasteiger partial charge on any atom is -0.397 e. The van der Waals surface area contributed by atoms with Crippen molar-refractivity contribution in [2.75, 3.05) is 18.0 Å². The molecule has 1 saturated heterocycles. The van der Waals surface area contributed by atoms with Crippen LogP contribution in [0.5, 0.6) is 0 Å². The summed E-state index contributed by atoms with van der Waals surface area (Å²) in [5.74, 6) is 0.995. The van der Waals surface area contributed by atoms with Crippen molar-refractivity contribution in [3.05, 3.63) is 24.0 Å². The van der Waals surface area contributed by atoms with Crippen molar-refractivity contribution in [1.82, 2.24) is 10.3 Å². The zero-order chi connectivity index (χ0) is 12.3. The lowest BCUT2D eigenvalue weighted by molar-refractivity contribution is 0.0946. The van der Waals surface area contributed by atoms with Crippen LogP contribution in [0.1, 0.15) is 30.3 Å². The molecule has 4 nitrogen and oxygen atoms in total. The fourth-order valence-corrected chi connectivity index (χ4v) is 3.18. The van der Waals surface area contributed by atoms with Crippen LogP contribution in [0.25, 0.3) is 0 Å². The van der Waals surface area contributed by atoms with Crippen LogP contribution in [0.4, 0.5) is 5.69 Å². The molecule has 5 heteroatoms. The minimum absolute atomic E-state index is 0.166. The number of rotatable bonds is 3. The Labute approximate surface area is 105 Å². The van der Waals surface area contributed by atoms with Crippen molar-refractivity contribution in [3.8, 4) is 0 Å². The number of anilines is 1. The van der Waals surface area contributed by atoms with Gasteiger partial charge in [-0.1, -0.05) is 0 Å². The molecular formula is C12H17N3OS. The van der Waals surface area contributed by atoms with Crippen LogP contribution >= 0.6 is 11.8 Å². The summed E-state index contributed by atoms with van der Waals surface area (Å²) in [6.45, 7) is 2.86. The third-order valence-corrected chi connectivity index (χ3v) is 4.52. The lowest BCUT2D eigenvalue weighted by Crippen LogP contribution is -2.37. The highest BCUT2D eigenvalue weighted by molar-refractivity contribution is 8.00. The zero-order valence-corrected chi connectivity index (χ0v) is 10.7. The highest BCUT2D eigenvalue weighted by Crippen LogP contribution is 2.36. The number of aromatic nitrogens is 1.